The van der Waals surface area contributed by atoms with Crippen molar-refractivity contribution in [3.8, 4) is 0 Å². The van der Waals surface area contributed by atoms with Gasteiger partial charge in [-0.25, -0.2) is 8.42 Å². The van der Waals surface area contributed by atoms with E-state index in [1.807, 2.05) is 0 Å². The smallest absolute Gasteiger partial charge is 0.271 e. The molecular formula is C12H12N2O3S2. The van der Waals surface area contributed by atoms with Crippen molar-refractivity contribution in [3.63, 3.8) is 0 Å². The third-order valence-corrected chi connectivity index (χ3v) is 5.23. The molecule has 0 saturated heterocycles. The molecule has 0 saturated carbocycles. The van der Waals surface area contributed by atoms with Crippen LogP contribution in [-0.2, 0) is 10.0 Å². The van der Waals surface area contributed by atoms with Gasteiger partial charge in [0, 0.05) is 5.56 Å². The number of hydrogen-bond donors (Lipinski definition) is 2. The van der Waals surface area contributed by atoms with E-state index < -0.39 is 10.0 Å². The van der Waals surface area contributed by atoms with E-state index in [4.69, 9.17) is 5.21 Å². The molecule has 2 rings (SSSR count). The van der Waals surface area contributed by atoms with Crippen molar-refractivity contribution < 1.29 is 13.6 Å². The molecule has 0 unspecified atom stereocenters. The summed E-state index contributed by atoms with van der Waals surface area (Å²) in [7, 11) is -3.60. The molecule has 100 valence electrons. The maximum Gasteiger partial charge on any atom is 0.271 e. The van der Waals surface area contributed by atoms with Gasteiger partial charge in [-0.15, -0.1) is 11.3 Å². The summed E-state index contributed by atoms with van der Waals surface area (Å²) >= 11 is 1.14. The monoisotopic (exact) mass is 296 g/mol. The minimum Gasteiger partial charge on any atom is -0.411 e. The first-order chi connectivity index (χ1) is 9.04. The maximum absolute atomic E-state index is 12.1. The molecule has 0 fully saturated rings. The van der Waals surface area contributed by atoms with Gasteiger partial charge in [0.2, 0.25) is 0 Å². The number of sulfonamides is 1. The van der Waals surface area contributed by atoms with Gasteiger partial charge in [-0.3, -0.25) is 4.72 Å². The van der Waals surface area contributed by atoms with Crippen molar-refractivity contribution in [1.82, 2.24) is 0 Å². The fourth-order valence-corrected chi connectivity index (χ4v) is 3.63. The molecule has 19 heavy (non-hydrogen) atoms. The number of benzene rings is 1. The average molecular weight is 296 g/mol. The number of nitrogens with one attached hydrogen (secondary N) is 1. The maximum atomic E-state index is 12.1. The van der Waals surface area contributed by atoms with Crippen LogP contribution in [0, 0.1) is 0 Å². The zero-order valence-corrected chi connectivity index (χ0v) is 11.7. The van der Waals surface area contributed by atoms with Gasteiger partial charge in [0.05, 0.1) is 11.4 Å². The van der Waals surface area contributed by atoms with Crippen molar-refractivity contribution >= 4 is 32.8 Å². The third kappa shape index (κ3) is 2.94. The first kappa shape index (κ1) is 13.6. The summed E-state index contributed by atoms with van der Waals surface area (Å²) in [5.41, 5.74) is 1.25. The van der Waals surface area contributed by atoms with E-state index in [2.05, 4.69) is 9.88 Å². The lowest BCUT2D eigenvalue weighted by Gasteiger charge is -2.10. The highest BCUT2D eigenvalue weighted by atomic mass is 32.2. The van der Waals surface area contributed by atoms with Crippen LogP contribution in [0.5, 0.6) is 0 Å². The molecule has 0 aliphatic heterocycles. The normalized spacial score (nSPS) is 12.4. The molecule has 0 atom stereocenters. The zero-order chi connectivity index (χ0) is 13.9. The van der Waals surface area contributed by atoms with E-state index >= 15 is 0 Å². The SMILES string of the molecule is C/C(=N\O)c1ccccc1NS(=O)(=O)c1cccs1. The Labute approximate surface area is 115 Å². The van der Waals surface area contributed by atoms with Crippen molar-refractivity contribution in [2.75, 3.05) is 4.72 Å². The van der Waals surface area contributed by atoms with Crippen LogP contribution in [0.1, 0.15) is 12.5 Å². The molecular weight excluding hydrogens is 284 g/mol. The highest BCUT2D eigenvalue weighted by molar-refractivity contribution is 7.94. The lowest BCUT2D eigenvalue weighted by molar-refractivity contribution is 0.319. The van der Waals surface area contributed by atoms with Gasteiger partial charge in [0.25, 0.3) is 10.0 Å². The van der Waals surface area contributed by atoms with E-state index in [0.29, 0.717) is 17.0 Å². The van der Waals surface area contributed by atoms with Gasteiger partial charge in [0.1, 0.15) is 4.21 Å². The van der Waals surface area contributed by atoms with Gasteiger partial charge in [-0.2, -0.15) is 0 Å². The standard InChI is InChI=1S/C12H12N2O3S2/c1-9(13-15)10-5-2-3-6-11(10)14-19(16,17)12-7-4-8-18-12/h2-8,14-15H,1H3/b13-9+. The van der Waals surface area contributed by atoms with Crippen LogP contribution in [0.15, 0.2) is 51.1 Å². The predicted molar refractivity (Wildman–Crippen MR) is 75.6 cm³/mol. The van der Waals surface area contributed by atoms with E-state index in [1.54, 1.807) is 42.6 Å². The molecule has 0 bridgehead atoms. The highest BCUT2D eigenvalue weighted by Gasteiger charge is 2.17. The quantitative estimate of drug-likeness (QED) is 0.517. The Balaban J connectivity index is 2.40. The summed E-state index contributed by atoms with van der Waals surface area (Å²) < 4.78 is 27.0. The Morgan fingerprint density at radius 3 is 2.63 bits per heavy atom. The number of nitrogens with zero attached hydrogens (tertiary/aromatic N) is 1. The van der Waals surface area contributed by atoms with Gasteiger partial charge in [-0.1, -0.05) is 29.4 Å². The van der Waals surface area contributed by atoms with E-state index in [0.717, 1.165) is 11.3 Å². The molecule has 1 aromatic heterocycles. The van der Waals surface area contributed by atoms with Crippen LogP contribution in [0.4, 0.5) is 5.69 Å². The minimum absolute atomic E-state index is 0.237. The summed E-state index contributed by atoms with van der Waals surface area (Å²) in [6.45, 7) is 1.60. The molecule has 0 amide bonds. The molecule has 1 heterocycles. The summed E-state index contributed by atoms with van der Waals surface area (Å²) in [5, 5.41) is 13.6. The molecule has 0 aliphatic carbocycles. The zero-order valence-electron chi connectivity index (χ0n) is 10.1. The number of para-hydroxylation sites is 1. The van der Waals surface area contributed by atoms with Crippen molar-refractivity contribution in [3.05, 3.63) is 47.3 Å². The Hall–Kier alpha value is -1.86. The number of thiophene rings is 1. The molecule has 5 nitrogen and oxygen atoms in total. The van der Waals surface area contributed by atoms with Gasteiger partial charge in [0.15, 0.2) is 0 Å². The predicted octanol–water partition coefficient (Wildman–Crippen LogP) is 2.75. The number of rotatable bonds is 4. The third-order valence-electron chi connectivity index (χ3n) is 2.47. The van der Waals surface area contributed by atoms with Crippen LogP contribution in [-0.4, -0.2) is 19.3 Å². The molecule has 0 aliphatic rings. The number of oxime groups is 1. The first-order valence-electron chi connectivity index (χ1n) is 5.39. The Morgan fingerprint density at radius 1 is 1.26 bits per heavy atom. The first-order valence-corrected chi connectivity index (χ1v) is 7.75. The Morgan fingerprint density at radius 2 is 2.00 bits per heavy atom. The molecule has 2 aromatic rings. The molecule has 0 spiro atoms. The summed E-state index contributed by atoms with van der Waals surface area (Å²) in [6.07, 6.45) is 0. The van der Waals surface area contributed by atoms with Gasteiger partial charge in [-0.05, 0) is 24.4 Å². The number of hydrogen-bond acceptors (Lipinski definition) is 5. The molecule has 7 heteroatoms. The van der Waals surface area contributed by atoms with Crippen molar-refractivity contribution in [1.29, 1.82) is 0 Å². The second-order valence-electron chi connectivity index (χ2n) is 3.77. The van der Waals surface area contributed by atoms with Crippen LogP contribution in [0.3, 0.4) is 0 Å². The van der Waals surface area contributed by atoms with Gasteiger partial charge < -0.3 is 5.21 Å². The molecule has 2 N–H and O–H groups in total. The average Bonchev–Trinajstić information content (AvgIpc) is 2.93. The Bertz CT molecular complexity index is 692. The second kappa shape index (κ2) is 5.41. The second-order valence-corrected chi connectivity index (χ2v) is 6.63. The van der Waals surface area contributed by atoms with Crippen LogP contribution < -0.4 is 4.72 Å². The van der Waals surface area contributed by atoms with Crippen molar-refractivity contribution in [2.45, 2.75) is 11.1 Å². The fourth-order valence-electron chi connectivity index (χ4n) is 1.55. The summed E-state index contributed by atoms with van der Waals surface area (Å²) in [6, 6.07) is 9.96. The van der Waals surface area contributed by atoms with Crippen molar-refractivity contribution in [2.24, 2.45) is 5.16 Å². The lowest BCUT2D eigenvalue weighted by Crippen LogP contribution is -2.14. The topological polar surface area (TPSA) is 78.8 Å². The van der Waals surface area contributed by atoms with Crippen LogP contribution in [0.25, 0.3) is 0 Å². The van der Waals surface area contributed by atoms with E-state index in [-0.39, 0.29) is 4.21 Å². The van der Waals surface area contributed by atoms with E-state index in [9.17, 15) is 8.42 Å². The fraction of sp³-hybridized carbons (Fsp3) is 0.0833. The van der Waals surface area contributed by atoms with E-state index in [1.165, 1.54) is 6.07 Å². The highest BCUT2D eigenvalue weighted by Crippen LogP contribution is 2.23. The Kier molecular flexibility index (Phi) is 3.87. The molecule has 0 radical (unpaired) electrons. The largest absolute Gasteiger partial charge is 0.411 e. The van der Waals surface area contributed by atoms with Crippen LogP contribution >= 0.6 is 11.3 Å². The minimum atomic E-state index is -3.60. The van der Waals surface area contributed by atoms with Crippen LogP contribution in [0.2, 0.25) is 0 Å². The lowest BCUT2D eigenvalue weighted by atomic mass is 10.1. The molecule has 1 aromatic carbocycles. The van der Waals surface area contributed by atoms with Gasteiger partial charge >= 0.3 is 0 Å². The number of anilines is 1. The summed E-state index contributed by atoms with van der Waals surface area (Å²) in [4.78, 5) is 0. The summed E-state index contributed by atoms with van der Waals surface area (Å²) in [5.74, 6) is 0.